The van der Waals surface area contributed by atoms with Gasteiger partial charge in [-0.3, -0.25) is 0 Å². The van der Waals surface area contributed by atoms with Gasteiger partial charge in [0.1, 0.15) is 0 Å². The van der Waals surface area contributed by atoms with E-state index in [2.05, 4.69) is 0 Å². The number of rotatable bonds is 2. The summed E-state index contributed by atoms with van der Waals surface area (Å²) in [6.45, 7) is 15.2. The van der Waals surface area contributed by atoms with Crippen molar-refractivity contribution < 1.29 is 39.3 Å². The molecule has 0 atom stereocenters. The largest absolute Gasteiger partial charge is 0.478 e. The van der Waals surface area contributed by atoms with Crippen molar-refractivity contribution in [3.8, 4) is 0 Å². The molecule has 0 bridgehead atoms. The van der Waals surface area contributed by atoms with E-state index in [9.17, 15) is 9.59 Å². The number of carbonyl (C=O) groups is 2. The third kappa shape index (κ3) is 5.49. The Kier molecular flexibility index (Phi) is 9.07. The van der Waals surface area contributed by atoms with Crippen molar-refractivity contribution >= 4 is 11.9 Å². The maximum absolute atomic E-state index is 10.9. The van der Waals surface area contributed by atoms with Crippen molar-refractivity contribution in [2.24, 2.45) is 0 Å². The van der Waals surface area contributed by atoms with E-state index < -0.39 is 11.9 Å². The number of benzene rings is 2. The first-order valence-electron chi connectivity index (χ1n) is 8.51. The summed E-state index contributed by atoms with van der Waals surface area (Å²) in [5, 5.41) is 18.0. The van der Waals surface area contributed by atoms with Crippen LogP contribution in [-0.2, 0) is 19.5 Å². The van der Waals surface area contributed by atoms with E-state index in [-0.39, 0.29) is 19.5 Å². The molecular formula is C22H28O4Zn. The van der Waals surface area contributed by atoms with Gasteiger partial charge in [-0.15, -0.1) is 0 Å². The van der Waals surface area contributed by atoms with Crippen molar-refractivity contribution in [1.29, 1.82) is 0 Å². The molecule has 2 rings (SSSR count). The van der Waals surface area contributed by atoms with Crippen LogP contribution >= 0.6 is 0 Å². The third-order valence-corrected chi connectivity index (χ3v) is 5.16. The monoisotopic (exact) mass is 420 g/mol. The minimum absolute atomic E-state index is 0. The summed E-state index contributed by atoms with van der Waals surface area (Å²) in [6, 6.07) is 4.05. The standard InChI is InChI=1S/2C11H14O2.Zn/c2*1-6-5-7(2)9(4)10(8(6)3)11(12)13;/h2*5H,1-4H3,(H,12,13);. The van der Waals surface area contributed by atoms with Gasteiger partial charge in [-0.1, -0.05) is 12.1 Å². The molecule has 0 fully saturated rings. The van der Waals surface area contributed by atoms with Crippen molar-refractivity contribution in [2.45, 2.75) is 55.4 Å². The topological polar surface area (TPSA) is 74.6 Å². The smallest absolute Gasteiger partial charge is 0.336 e. The summed E-state index contributed by atoms with van der Waals surface area (Å²) in [6.07, 6.45) is 0. The van der Waals surface area contributed by atoms with Crippen molar-refractivity contribution in [3.63, 3.8) is 0 Å². The van der Waals surface area contributed by atoms with E-state index in [0.717, 1.165) is 44.5 Å². The molecule has 4 nitrogen and oxygen atoms in total. The van der Waals surface area contributed by atoms with Crippen LogP contribution in [0.3, 0.4) is 0 Å². The fraction of sp³-hybridized carbons (Fsp3) is 0.364. The average molecular weight is 422 g/mol. The van der Waals surface area contributed by atoms with Crippen LogP contribution in [0.2, 0.25) is 0 Å². The molecule has 27 heavy (non-hydrogen) atoms. The summed E-state index contributed by atoms with van der Waals surface area (Å²) >= 11 is 0. The van der Waals surface area contributed by atoms with Crippen LogP contribution in [0.25, 0.3) is 0 Å². The Morgan fingerprint density at radius 2 is 0.741 bits per heavy atom. The molecule has 0 aliphatic carbocycles. The number of aryl methyl sites for hydroxylation is 4. The van der Waals surface area contributed by atoms with E-state index in [1.165, 1.54) is 0 Å². The number of hydrogen-bond acceptors (Lipinski definition) is 2. The Morgan fingerprint density at radius 1 is 0.556 bits per heavy atom. The molecule has 0 aliphatic heterocycles. The van der Waals surface area contributed by atoms with Crippen molar-refractivity contribution in [3.05, 3.63) is 67.8 Å². The second-order valence-electron chi connectivity index (χ2n) is 6.88. The SMILES string of the molecule is Cc1cc(C)c(C)c(C(=O)O)c1C.Cc1cc(C)c(C)c(C(=O)O)c1C.[Zn]. The summed E-state index contributed by atoms with van der Waals surface area (Å²) < 4.78 is 0. The van der Waals surface area contributed by atoms with Crippen LogP contribution in [0.5, 0.6) is 0 Å². The summed E-state index contributed by atoms with van der Waals surface area (Å²) in [7, 11) is 0. The van der Waals surface area contributed by atoms with Crippen molar-refractivity contribution in [1.82, 2.24) is 0 Å². The quantitative estimate of drug-likeness (QED) is 0.651. The first kappa shape index (κ1) is 25.0. The Balaban J connectivity index is 0.000000483. The third-order valence-electron chi connectivity index (χ3n) is 5.16. The molecular weight excluding hydrogens is 394 g/mol. The average Bonchev–Trinajstić information content (AvgIpc) is 2.51. The number of carboxylic acids is 2. The molecule has 0 radical (unpaired) electrons. The van der Waals surface area contributed by atoms with Crippen LogP contribution in [0.15, 0.2) is 12.1 Å². The molecule has 0 saturated carbocycles. The van der Waals surface area contributed by atoms with Gasteiger partial charge in [0.25, 0.3) is 0 Å². The predicted octanol–water partition coefficient (Wildman–Crippen LogP) is 5.23. The Bertz CT molecular complexity index is 757. The zero-order valence-corrected chi connectivity index (χ0v) is 20.5. The summed E-state index contributed by atoms with van der Waals surface area (Å²) in [4.78, 5) is 21.9. The van der Waals surface area contributed by atoms with Crippen molar-refractivity contribution in [2.75, 3.05) is 0 Å². The Labute approximate surface area is 174 Å². The zero-order valence-electron chi connectivity index (χ0n) is 17.6. The fourth-order valence-corrected chi connectivity index (χ4v) is 3.08. The first-order chi connectivity index (χ1) is 11.9. The second kappa shape index (κ2) is 9.80. The molecule has 2 aromatic carbocycles. The second-order valence-corrected chi connectivity index (χ2v) is 6.88. The van der Waals surface area contributed by atoms with Gasteiger partial charge in [0.05, 0.1) is 11.1 Å². The number of hydrogen-bond donors (Lipinski definition) is 2. The summed E-state index contributed by atoms with van der Waals surface area (Å²) in [5.74, 6) is -1.66. The molecule has 0 unspecified atom stereocenters. The van der Waals surface area contributed by atoms with E-state index >= 15 is 0 Å². The Morgan fingerprint density at radius 3 is 0.889 bits per heavy atom. The number of aromatic carboxylic acids is 2. The predicted molar refractivity (Wildman–Crippen MR) is 105 cm³/mol. The van der Waals surface area contributed by atoms with Crippen LogP contribution in [0.1, 0.15) is 65.2 Å². The van der Waals surface area contributed by atoms with Gasteiger partial charge in [-0.25, -0.2) is 9.59 Å². The number of carboxylic acid groups (broad SMARTS) is 2. The minimum Gasteiger partial charge on any atom is -0.478 e. The molecule has 5 heteroatoms. The van der Waals surface area contributed by atoms with Gasteiger partial charge in [-0.2, -0.15) is 0 Å². The Hall–Kier alpha value is -2.00. The van der Waals surface area contributed by atoms with Gasteiger partial charge in [0.2, 0.25) is 0 Å². The van der Waals surface area contributed by atoms with E-state index in [1.807, 2.05) is 67.5 Å². The molecule has 0 saturated heterocycles. The molecule has 0 heterocycles. The van der Waals surface area contributed by atoms with Gasteiger partial charge in [0, 0.05) is 19.5 Å². The van der Waals surface area contributed by atoms with E-state index in [1.54, 1.807) is 0 Å². The molecule has 2 N–H and O–H groups in total. The molecule has 142 valence electrons. The molecule has 0 aromatic heterocycles. The van der Waals surface area contributed by atoms with E-state index in [4.69, 9.17) is 10.2 Å². The molecule has 0 amide bonds. The van der Waals surface area contributed by atoms with Gasteiger partial charge < -0.3 is 10.2 Å². The van der Waals surface area contributed by atoms with Gasteiger partial charge >= 0.3 is 11.9 Å². The molecule has 0 aliphatic rings. The first-order valence-corrected chi connectivity index (χ1v) is 8.51. The normalized spacial score (nSPS) is 9.78. The fourth-order valence-electron chi connectivity index (χ4n) is 3.08. The van der Waals surface area contributed by atoms with Crippen LogP contribution in [0.4, 0.5) is 0 Å². The maximum atomic E-state index is 10.9. The van der Waals surface area contributed by atoms with Crippen LogP contribution in [-0.4, -0.2) is 22.2 Å². The summed E-state index contributed by atoms with van der Waals surface area (Å²) in [5.41, 5.74) is 8.56. The molecule has 2 aromatic rings. The van der Waals surface area contributed by atoms with Crippen LogP contribution in [0, 0.1) is 55.4 Å². The van der Waals surface area contributed by atoms with Gasteiger partial charge in [0.15, 0.2) is 0 Å². The molecule has 0 spiro atoms. The van der Waals surface area contributed by atoms with E-state index in [0.29, 0.717) is 11.1 Å². The zero-order chi connectivity index (χ0) is 20.3. The van der Waals surface area contributed by atoms with Gasteiger partial charge in [-0.05, 0) is 99.9 Å². The van der Waals surface area contributed by atoms with Crippen LogP contribution < -0.4 is 0 Å². The minimum atomic E-state index is -0.832. The maximum Gasteiger partial charge on any atom is 0.336 e.